The first-order valence-corrected chi connectivity index (χ1v) is 4.98. The van der Waals surface area contributed by atoms with E-state index in [1.54, 1.807) is 18.7 Å². The maximum Gasteiger partial charge on any atom is 0.0992 e. The van der Waals surface area contributed by atoms with E-state index in [0.717, 1.165) is 22.3 Å². The average molecular weight is 210 g/mol. The summed E-state index contributed by atoms with van der Waals surface area (Å²) in [6.07, 6.45) is 7.09. The Labute approximate surface area is 92.4 Å². The molecule has 0 radical (unpaired) electrons. The summed E-state index contributed by atoms with van der Waals surface area (Å²) in [5, 5.41) is 0.966. The molecule has 0 aliphatic rings. The van der Waals surface area contributed by atoms with E-state index in [1.165, 1.54) is 0 Å². The van der Waals surface area contributed by atoms with Crippen LogP contribution in [0.4, 0.5) is 5.69 Å². The Morgan fingerprint density at radius 2 is 2.06 bits per heavy atom. The third-order valence-electron chi connectivity index (χ3n) is 2.59. The van der Waals surface area contributed by atoms with E-state index < -0.39 is 0 Å². The minimum atomic E-state index is 0.726. The summed E-state index contributed by atoms with van der Waals surface area (Å²) in [5.41, 5.74) is 8.68. The predicted octanol–water partition coefficient (Wildman–Crippen LogP) is 2.00. The van der Waals surface area contributed by atoms with Gasteiger partial charge in [-0.3, -0.25) is 4.98 Å². The van der Waals surface area contributed by atoms with Crippen LogP contribution in [0.5, 0.6) is 0 Å². The van der Waals surface area contributed by atoms with Crippen LogP contribution in [0.2, 0.25) is 0 Å². The van der Waals surface area contributed by atoms with Crippen molar-refractivity contribution in [2.24, 2.45) is 0 Å². The quantitative estimate of drug-likeness (QED) is 0.625. The zero-order valence-electron chi connectivity index (χ0n) is 8.54. The second-order valence-corrected chi connectivity index (χ2v) is 3.54. The molecule has 78 valence electrons. The van der Waals surface area contributed by atoms with Crippen molar-refractivity contribution in [1.82, 2.24) is 14.5 Å². The highest BCUT2D eigenvalue weighted by Gasteiger charge is 2.05. The fourth-order valence-corrected chi connectivity index (χ4v) is 1.79. The maximum atomic E-state index is 6.12. The molecule has 0 saturated heterocycles. The second kappa shape index (κ2) is 3.34. The molecule has 0 saturated carbocycles. The third kappa shape index (κ3) is 1.24. The number of hydrogen-bond donors (Lipinski definition) is 1. The van der Waals surface area contributed by atoms with E-state index in [9.17, 15) is 0 Å². The Bertz CT molecular complexity index is 629. The average Bonchev–Trinajstić information content (AvgIpc) is 2.83. The minimum Gasteiger partial charge on any atom is -0.396 e. The molecule has 0 atom stereocenters. The molecule has 0 amide bonds. The largest absolute Gasteiger partial charge is 0.396 e. The van der Waals surface area contributed by atoms with Crippen LogP contribution in [-0.4, -0.2) is 14.5 Å². The van der Waals surface area contributed by atoms with E-state index in [1.807, 2.05) is 35.0 Å². The third-order valence-corrected chi connectivity index (χ3v) is 2.59. The number of imidazole rings is 1. The second-order valence-electron chi connectivity index (χ2n) is 3.54. The summed E-state index contributed by atoms with van der Waals surface area (Å²) in [6.45, 7) is 0. The standard InChI is InChI=1S/C12H10N4/c13-12-9-2-1-5-15-10(9)3-4-11(12)16-7-6-14-8-16/h1-8H,13H2. The Kier molecular flexibility index (Phi) is 1.86. The van der Waals surface area contributed by atoms with Crippen LogP contribution < -0.4 is 5.73 Å². The Morgan fingerprint density at radius 3 is 2.88 bits per heavy atom. The minimum absolute atomic E-state index is 0.726. The van der Waals surface area contributed by atoms with E-state index in [2.05, 4.69) is 9.97 Å². The number of aromatic nitrogens is 3. The van der Waals surface area contributed by atoms with E-state index in [4.69, 9.17) is 5.73 Å². The van der Waals surface area contributed by atoms with Crippen molar-refractivity contribution in [2.75, 3.05) is 5.73 Å². The topological polar surface area (TPSA) is 56.7 Å². The van der Waals surface area contributed by atoms with Gasteiger partial charge in [-0.2, -0.15) is 0 Å². The lowest BCUT2D eigenvalue weighted by molar-refractivity contribution is 1.06. The first kappa shape index (κ1) is 8.91. The molecule has 1 aromatic carbocycles. The van der Waals surface area contributed by atoms with Gasteiger partial charge >= 0.3 is 0 Å². The van der Waals surface area contributed by atoms with Crippen molar-refractivity contribution in [3.05, 3.63) is 49.2 Å². The van der Waals surface area contributed by atoms with Gasteiger partial charge in [-0.1, -0.05) is 0 Å². The van der Waals surface area contributed by atoms with Gasteiger partial charge in [0, 0.05) is 24.0 Å². The Balaban J connectivity index is 2.32. The summed E-state index contributed by atoms with van der Waals surface area (Å²) in [4.78, 5) is 8.27. The predicted molar refractivity (Wildman–Crippen MR) is 63.3 cm³/mol. The van der Waals surface area contributed by atoms with Crippen LogP contribution in [0.1, 0.15) is 0 Å². The number of benzene rings is 1. The molecule has 0 fully saturated rings. The molecule has 3 aromatic rings. The highest BCUT2D eigenvalue weighted by atomic mass is 15.0. The van der Waals surface area contributed by atoms with Gasteiger partial charge in [-0.05, 0) is 24.3 Å². The van der Waals surface area contributed by atoms with Gasteiger partial charge in [0.15, 0.2) is 0 Å². The summed E-state index contributed by atoms with van der Waals surface area (Å²) in [5.74, 6) is 0. The fourth-order valence-electron chi connectivity index (χ4n) is 1.79. The first-order valence-electron chi connectivity index (χ1n) is 4.98. The van der Waals surface area contributed by atoms with Crippen molar-refractivity contribution >= 4 is 16.6 Å². The van der Waals surface area contributed by atoms with Crippen molar-refractivity contribution in [3.8, 4) is 5.69 Å². The lowest BCUT2D eigenvalue weighted by atomic mass is 10.1. The molecule has 0 bridgehead atoms. The van der Waals surface area contributed by atoms with Gasteiger partial charge in [-0.25, -0.2) is 4.98 Å². The smallest absolute Gasteiger partial charge is 0.0992 e. The van der Waals surface area contributed by atoms with Gasteiger partial charge in [0.2, 0.25) is 0 Å². The van der Waals surface area contributed by atoms with Crippen molar-refractivity contribution in [1.29, 1.82) is 0 Å². The zero-order valence-corrected chi connectivity index (χ0v) is 8.54. The summed E-state index contributed by atoms with van der Waals surface area (Å²) in [6, 6.07) is 7.77. The van der Waals surface area contributed by atoms with Gasteiger partial charge in [0.25, 0.3) is 0 Å². The summed E-state index contributed by atoms with van der Waals surface area (Å²) < 4.78 is 1.89. The number of anilines is 1. The van der Waals surface area contributed by atoms with Gasteiger partial charge < -0.3 is 10.3 Å². The highest BCUT2D eigenvalue weighted by Crippen LogP contribution is 2.25. The van der Waals surface area contributed by atoms with E-state index in [-0.39, 0.29) is 0 Å². The van der Waals surface area contributed by atoms with Gasteiger partial charge in [0.1, 0.15) is 0 Å². The summed E-state index contributed by atoms with van der Waals surface area (Å²) >= 11 is 0. The molecule has 0 aliphatic carbocycles. The molecule has 2 N–H and O–H groups in total. The van der Waals surface area contributed by atoms with Crippen LogP contribution in [0.25, 0.3) is 16.6 Å². The van der Waals surface area contributed by atoms with Gasteiger partial charge in [-0.15, -0.1) is 0 Å². The number of fused-ring (bicyclic) bond motifs is 1. The van der Waals surface area contributed by atoms with Crippen LogP contribution in [0.3, 0.4) is 0 Å². The van der Waals surface area contributed by atoms with Crippen molar-refractivity contribution < 1.29 is 0 Å². The van der Waals surface area contributed by atoms with Crippen molar-refractivity contribution in [3.63, 3.8) is 0 Å². The molecule has 2 aromatic heterocycles. The lowest BCUT2D eigenvalue weighted by Crippen LogP contribution is -1.98. The van der Waals surface area contributed by atoms with E-state index in [0.29, 0.717) is 0 Å². The SMILES string of the molecule is Nc1c(-n2ccnc2)ccc2ncccc12. The molecular weight excluding hydrogens is 200 g/mol. The number of pyridine rings is 1. The number of rotatable bonds is 1. The fraction of sp³-hybridized carbons (Fsp3) is 0. The molecule has 0 unspecified atom stereocenters. The molecule has 4 heteroatoms. The van der Waals surface area contributed by atoms with Crippen molar-refractivity contribution in [2.45, 2.75) is 0 Å². The highest BCUT2D eigenvalue weighted by molar-refractivity contribution is 5.94. The Morgan fingerprint density at radius 1 is 1.12 bits per heavy atom. The van der Waals surface area contributed by atoms with Crippen LogP contribution >= 0.6 is 0 Å². The Hall–Kier alpha value is -2.36. The number of nitrogen functional groups attached to an aromatic ring is 1. The maximum absolute atomic E-state index is 6.12. The normalized spacial score (nSPS) is 10.8. The zero-order chi connectivity index (χ0) is 11.0. The monoisotopic (exact) mass is 210 g/mol. The molecule has 4 nitrogen and oxygen atoms in total. The van der Waals surface area contributed by atoms with Crippen LogP contribution in [0, 0.1) is 0 Å². The molecule has 0 spiro atoms. The van der Waals surface area contributed by atoms with Crippen LogP contribution in [0.15, 0.2) is 49.2 Å². The molecular formula is C12H10N4. The molecule has 0 aliphatic heterocycles. The van der Waals surface area contributed by atoms with Crippen LogP contribution in [-0.2, 0) is 0 Å². The first-order chi connectivity index (χ1) is 7.86. The number of hydrogen-bond acceptors (Lipinski definition) is 3. The number of nitrogens with two attached hydrogens (primary N) is 1. The summed E-state index contributed by atoms with van der Waals surface area (Å²) in [7, 11) is 0. The number of nitrogens with zero attached hydrogens (tertiary/aromatic N) is 3. The van der Waals surface area contributed by atoms with Gasteiger partial charge in [0.05, 0.1) is 23.2 Å². The molecule has 2 heterocycles. The van der Waals surface area contributed by atoms with E-state index >= 15 is 0 Å². The lowest BCUT2D eigenvalue weighted by Gasteiger charge is -2.08. The molecule has 16 heavy (non-hydrogen) atoms. The molecule has 3 rings (SSSR count).